The normalized spacial score (nSPS) is 15.7. The minimum atomic E-state index is 0.248. The molecule has 68 valence electrons. The lowest BCUT2D eigenvalue weighted by Crippen LogP contribution is -2.05. The number of hydrogen-bond acceptors (Lipinski definition) is 2. The molecule has 0 spiro atoms. The SMILES string of the molecule is Cc1ccc(Cl)c2c1SC(=O)CC2. The zero-order valence-electron chi connectivity index (χ0n) is 7.26. The molecule has 1 nitrogen and oxygen atoms in total. The highest BCUT2D eigenvalue weighted by atomic mass is 35.5. The molecule has 0 bridgehead atoms. The van der Waals surface area contributed by atoms with Crippen molar-refractivity contribution in [3.8, 4) is 0 Å². The van der Waals surface area contributed by atoms with Gasteiger partial charge in [-0.1, -0.05) is 29.4 Å². The van der Waals surface area contributed by atoms with Gasteiger partial charge < -0.3 is 0 Å². The van der Waals surface area contributed by atoms with E-state index < -0.39 is 0 Å². The lowest BCUT2D eigenvalue weighted by atomic mass is 10.1. The van der Waals surface area contributed by atoms with Gasteiger partial charge in [-0.05, 0) is 30.5 Å². The number of carbonyl (C=O) groups excluding carboxylic acids is 1. The fraction of sp³-hybridized carbons (Fsp3) is 0.300. The predicted molar refractivity (Wildman–Crippen MR) is 55.4 cm³/mol. The Balaban J connectivity index is 2.57. The summed E-state index contributed by atoms with van der Waals surface area (Å²) in [5.74, 6) is 0. The Kier molecular flexibility index (Phi) is 2.35. The van der Waals surface area contributed by atoms with Crippen LogP contribution in [-0.2, 0) is 11.2 Å². The maximum Gasteiger partial charge on any atom is 0.194 e. The molecule has 3 heteroatoms. The van der Waals surface area contributed by atoms with E-state index in [1.165, 1.54) is 11.8 Å². The molecule has 0 saturated heterocycles. The summed E-state index contributed by atoms with van der Waals surface area (Å²) in [6.07, 6.45) is 1.41. The minimum absolute atomic E-state index is 0.248. The Morgan fingerprint density at radius 3 is 2.92 bits per heavy atom. The third-order valence-electron chi connectivity index (χ3n) is 2.20. The van der Waals surface area contributed by atoms with Gasteiger partial charge in [-0.15, -0.1) is 0 Å². The van der Waals surface area contributed by atoms with Crippen LogP contribution in [-0.4, -0.2) is 5.12 Å². The minimum Gasteiger partial charge on any atom is -0.287 e. The van der Waals surface area contributed by atoms with Crippen LogP contribution in [0.15, 0.2) is 17.0 Å². The first-order valence-corrected chi connectivity index (χ1v) is 5.36. The Hall–Kier alpha value is -0.470. The van der Waals surface area contributed by atoms with Crippen molar-refractivity contribution in [1.82, 2.24) is 0 Å². The number of fused-ring (bicyclic) bond motifs is 1. The summed E-state index contributed by atoms with van der Waals surface area (Å²) in [4.78, 5) is 12.3. The number of benzene rings is 1. The van der Waals surface area contributed by atoms with Crippen LogP contribution in [0.25, 0.3) is 0 Å². The van der Waals surface area contributed by atoms with Crippen LogP contribution in [0.4, 0.5) is 0 Å². The van der Waals surface area contributed by atoms with Gasteiger partial charge in [-0.3, -0.25) is 4.79 Å². The van der Waals surface area contributed by atoms with Crippen molar-refractivity contribution in [3.05, 3.63) is 28.3 Å². The van der Waals surface area contributed by atoms with E-state index in [0.717, 1.165) is 27.5 Å². The van der Waals surface area contributed by atoms with Crippen molar-refractivity contribution >= 4 is 28.5 Å². The van der Waals surface area contributed by atoms with Crippen molar-refractivity contribution in [2.75, 3.05) is 0 Å². The van der Waals surface area contributed by atoms with Crippen LogP contribution in [0.2, 0.25) is 5.02 Å². The standard InChI is InChI=1S/C10H9ClOS/c1-6-2-4-8(11)7-3-5-9(12)13-10(6)7/h2,4H,3,5H2,1H3. The van der Waals surface area contributed by atoms with Gasteiger partial charge in [0.2, 0.25) is 0 Å². The summed E-state index contributed by atoms with van der Waals surface area (Å²) in [5.41, 5.74) is 2.30. The zero-order valence-corrected chi connectivity index (χ0v) is 8.84. The maximum atomic E-state index is 11.2. The molecule has 0 radical (unpaired) electrons. The second-order valence-corrected chi connectivity index (χ2v) is 4.62. The van der Waals surface area contributed by atoms with Gasteiger partial charge in [0.05, 0.1) is 0 Å². The van der Waals surface area contributed by atoms with Gasteiger partial charge >= 0.3 is 0 Å². The summed E-state index contributed by atoms with van der Waals surface area (Å²) in [7, 11) is 0. The molecule has 1 aromatic carbocycles. The number of halogens is 1. The largest absolute Gasteiger partial charge is 0.287 e. The first kappa shape index (κ1) is 9.10. The molecule has 1 aliphatic heterocycles. The summed E-state index contributed by atoms with van der Waals surface area (Å²) >= 11 is 7.37. The Morgan fingerprint density at radius 1 is 1.38 bits per heavy atom. The smallest absolute Gasteiger partial charge is 0.194 e. The highest BCUT2D eigenvalue weighted by Gasteiger charge is 2.20. The molecular formula is C10H9ClOS. The maximum absolute atomic E-state index is 11.2. The van der Waals surface area contributed by atoms with Gasteiger partial charge in [0, 0.05) is 16.3 Å². The highest BCUT2D eigenvalue weighted by molar-refractivity contribution is 8.13. The van der Waals surface area contributed by atoms with Crippen LogP contribution < -0.4 is 0 Å². The van der Waals surface area contributed by atoms with Crippen molar-refractivity contribution in [2.24, 2.45) is 0 Å². The van der Waals surface area contributed by atoms with E-state index >= 15 is 0 Å². The molecule has 0 aromatic heterocycles. The molecule has 0 amide bonds. The van der Waals surface area contributed by atoms with Crippen LogP contribution in [0.1, 0.15) is 17.5 Å². The van der Waals surface area contributed by atoms with E-state index in [1.807, 2.05) is 19.1 Å². The third-order valence-corrected chi connectivity index (χ3v) is 3.75. The first-order valence-electron chi connectivity index (χ1n) is 4.17. The molecule has 2 rings (SSSR count). The van der Waals surface area contributed by atoms with E-state index in [9.17, 15) is 4.79 Å². The van der Waals surface area contributed by atoms with Crippen molar-refractivity contribution in [3.63, 3.8) is 0 Å². The van der Waals surface area contributed by atoms with E-state index in [1.54, 1.807) is 0 Å². The molecule has 1 aliphatic rings. The Labute approximate surface area is 86.5 Å². The van der Waals surface area contributed by atoms with Gasteiger partial charge in [-0.2, -0.15) is 0 Å². The van der Waals surface area contributed by atoms with E-state index in [2.05, 4.69) is 0 Å². The van der Waals surface area contributed by atoms with Crippen molar-refractivity contribution in [1.29, 1.82) is 0 Å². The lowest BCUT2D eigenvalue weighted by Gasteiger charge is -2.17. The summed E-state index contributed by atoms with van der Waals surface area (Å²) in [6, 6.07) is 3.87. The van der Waals surface area contributed by atoms with E-state index in [0.29, 0.717) is 6.42 Å². The first-order chi connectivity index (χ1) is 6.18. The third kappa shape index (κ3) is 1.61. The van der Waals surface area contributed by atoms with Gasteiger partial charge in [0.25, 0.3) is 0 Å². The predicted octanol–water partition coefficient (Wildman–Crippen LogP) is 3.21. The monoisotopic (exact) mass is 212 g/mol. The zero-order chi connectivity index (χ0) is 9.42. The molecule has 0 atom stereocenters. The van der Waals surface area contributed by atoms with E-state index in [-0.39, 0.29) is 5.12 Å². The molecule has 13 heavy (non-hydrogen) atoms. The van der Waals surface area contributed by atoms with Crippen LogP contribution >= 0.6 is 23.4 Å². The van der Waals surface area contributed by atoms with Crippen molar-refractivity contribution < 1.29 is 4.79 Å². The molecule has 0 N–H and O–H groups in total. The molecule has 1 heterocycles. The fourth-order valence-electron chi connectivity index (χ4n) is 1.49. The average Bonchev–Trinajstić information content (AvgIpc) is 2.12. The summed E-state index contributed by atoms with van der Waals surface area (Å²) in [5, 5.41) is 1.04. The number of rotatable bonds is 0. The van der Waals surface area contributed by atoms with E-state index in [4.69, 9.17) is 11.6 Å². The van der Waals surface area contributed by atoms with Crippen LogP contribution in [0.5, 0.6) is 0 Å². The fourth-order valence-corrected chi connectivity index (χ4v) is 2.79. The molecule has 0 unspecified atom stereocenters. The number of thioether (sulfide) groups is 1. The highest BCUT2D eigenvalue weighted by Crippen LogP contribution is 2.37. The number of aryl methyl sites for hydroxylation is 1. The van der Waals surface area contributed by atoms with Crippen molar-refractivity contribution in [2.45, 2.75) is 24.7 Å². The van der Waals surface area contributed by atoms with Crippen LogP contribution in [0, 0.1) is 6.92 Å². The summed E-state index contributed by atoms with van der Waals surface area (Å²) < 4.78 is 0. The Bertz CT molecular complexity index is 373. The number of carbonyl (C=O) groups is 1. The van der Waals surface area contributed by atoms with Crippen LogP contribution in [0.3, 0.4) is 0 Å². The average molecular weight is 213 g/mol. The molecule has 1 aromatic rings. The molecule has 0 aliphatic carbocycles. The lowest BCUT2D eigenvalue weighted by molar-refractivity contribution is -0.111. The quantitative estimate of drug-likeness (QED) is 0.657. The van der Waals surface area contributed by atoms with Gasteiger partial charge in [0.1, 0.15) is 0 Å². The summed E-state index contributed by atoms with van der Waals surface area (Å²) in [6.45, 7) is 2.01. The topological polar surface area (TPSA) is 17.1 Å². The molecule has 0 saturated carbocycles. The Morgan fingerprint density at radius 2 is 2.15 bits per heavy atom. The van der Waals surface area contributed by atoms with Gasteiger partial charge in [0.15, 0.2) is 5.12 Å². The second kappa shape index (κ2) is 3.35. The molecule has 0 fully saturated rings. The van der Waals surface area contributed by atoms with Gasteiger partial charge in [-0.25, -0.2) is 0 Å². The molecular weight excluding hydrogens is 204 g/mol. The number of hydrogen-bond donors (Lipinski definition) is 0. The second-order valence-electron chi connectivity index (χ2n) is 3.15.